The van der Waals surface area contributed by atoms with Crippen molar-refractivity contribution in [3.63, 3.8) is 0 Å². The van der Waals surface area contributed by atoms with E-state index in [1.807, 2.05) is 27.7 Å². The molecule has 0 bridgehead atoms. The van der Waals surface area contributed by atoms with Gasteiger partial charge in [0.2, 0.25) is 11.9 Å². The number of carbonyl (C=O) groups excluding carboxylic acids is 1. The van der Waals surface area contributed by atoms with Crippen molar-refractivity contribution in [1.29, 1.82) is 0 Å². The average Bonchev–Trinajstić information content (AvgIpc) is 3.88. The Morgan fingerprint density at radius 3 is 1.56 bits per heavy atom. The molecule has 2 fully saturated rings. The zero-order chi connectivity index (χ0) is 37.6. The van der Waals surface area contributed by atoms with Crippen molar-refractivity contribution in [1.82, 2.24) is 29.1 Å². The molecule has 284 valence electrons. The summed E-state index contributed by atoms with van der Waals surface area (Å²) in [6.45, 7) is 11.0. The predicted octanol–water partition coefficient (Wildman–Crippen LogP) is 3.44. The molecule has 4 aromatic rings. The van der Waals surface area contributed by atoms with Crippen LogP contribution in [0.4, 0.5) is 16.7 Å². The van der Waals surface area contributed by atoms with Crippen LogP contribution in [-0.2, 0) is 18.9 Å². The highest BCUT2D eigenvalue weighted by Gasteiger charge is 2.47. The highest BCUT2D eigenvalue weighted by Crippen LogP contribution is 2.45. The van der Waals surface area contributed by atoms with Crippen LogP contribution in [0.25, 0.3) is 20.7 Å². The van der Waals surface area contributed by atoms with Gasteiger partial charge in [-0.3, -0.25) is 18.7 Å². The normalized spacial score (nSPS) is 27.0. The molecule has 6 heterocycles. The number of fused-ring (bicyclic) bond motifs is 2. The zero-order valence-electron chi connectivity index (χ0n) is 29.8. The molecule has 17 nitrogen and oxygen atoms in total. The Balaban J connectivity index is 1.18. The van der Waals surface area contributed by atoms with Crippen LogP contribution in [0.2, 0.25) is 0 Å². The van der Waals surface area contributed by atoms with Crippen LogP contribution in [0.1, 0.15) is 79.7 Å². The molecule has 0 spiro atoms. The minimum absolute atomic E-state index is 0.0107. The standard InChI is InChI=1S/C33H46N8O9S2/c1-7-19(42)21-9-17(27(49-21)40-25-23(51-31(40)44)11-36-29(34)38-25)13(3)15(5)47-33(46)48-16(6)14(4)18-10-22(20(43)8-2)50-28(18)41-26-24(52-32(41)45)12-37-30(35)39-26/h11-22,27-28,42-43H,7-10H2,1-6H3,(H2,34,36,38)(H2,35,37,39)/t13-,14-,15?,16?,17-,18-,19-,20-,21-,22-,27+,28+/m0/s1. The van der Waals surface area contributed by atoms with Gasteiger partial charge in [-0.1, -0.05) is 50.4 Å². The fraction of sp³-hybridized carbons (Fsp3) is 0.667. The Hall–Kier alpha value is -3.75. The molecular weight excluding hydrogens is 717 g/mol. The van der Waals surface area contributed by atoms with Gasteiger partial charge in [0.05, 0.1) is 46.2 Å². The van der Waals surface area contributed by atoms with E-state index in [4.69, 9.17) is 30.4 Å². The molecule has 52 heavy (non-hydrogen) atoms. The van der Waals surface area contributed by atoms with E-state index < -0.39 is 55.2 Å². The number of aliphatic hydroxyl groups excluding tert-OH is 2. The van der Waals surface area contributed by atoms with Crippen LogP contribution in [0.5, 0.6) is 0 Å². The third-order valence-corrected chi connectivity index (χ3v) is 12.5. The van der Waals surface area contributed by atoms with E-state index in [9.17, 15) is 24.6 Å². The SMILES string of the molecule is CC[C@H](O)[C@@H]1C[C@@H]([C@@H](C)C(C)OC(=O)OC(C)[C@H](C)[C@@H]2C[C@@H]([C@@H](O)CC)O[C@H]2n2c(=O)sc3cnc(N)nc32)[C@H](n2c(=O)sc3cnc(N)nc32)O1. The van der Waals surface area contributed by atoms with E-state index in [-0.39, 0.29) is 45.3 Å². The number of anilines is 2. The number of thiazole rings is 2. The second kappa shape index (κ2) is 15.3. The summed E-state index contributed by atoms with van der Waals surface area (Å²) in [7, 11) is 0. The van der Waals surface area contributed by atoms with E-state index >= 15 is 0 Å². The third-order valence-electron chi connectivity index (χ3n) is 10.7. The molecule has 12 atom stereocenters. The highest BCUT2D eigenvalue weighted by atomic mass is 32.1. The topological polar surface area (TPSA) is 242 Å². The molecule has 6 rings (SSSR count). The molecule has 0 aliphatic carbocycles. The largest absolute Gasteiger partial charge is 0.508 e. The molecule has 6 N–H and O–H groups in total. The van der Waals surface area contributed by atoms with Crippen molar-refractivity contribution in [2.45, 2.75) is 116 Å². The molecule has 0 saturated carbocycles. The first-order valence-corrected chi connectivity index (χ1v) is 19.2. The van der Waals surface area contributed by atoms with Gasteiger partial charge in [0.1, 0.15) is 24.7 Å². The van der Waals surface area contributed by atoms with Crippen molar-refractivity contribution in [2.24, 2.45) is 23.7 Å². The van der Waals surface area contributed by atoms with Crippen LogP contribution < -0.4 is 21.2 Å². The van der Waals surface area contributed by atoms with E-state index in [1.165, 1.54) is 21.5 Å². The first-order valence-electron chi connectivity index (χ1n) is 17.5. The van der Waals surface area contributed by atoms with Crippen LogP contribution in [0.3, 0.4) is 0 Å². The Morgan fingerprint density at radius 1 is 0.808 bits per heavy atom. The third kappa shape index (κ3) is 7.25. The summed E-state index contributed by atoms with van der Waals surface area (Å²) < 4.78 is 28.3. The molecule has 2 saturated heterocycles. The number of ether oxygens (including phenoxy) is 4. The summed E-state index contributed by atoms with van der Waals surface area (Å²) in [6, 6.07) is 0. The number of aliphatic hydroxyl groups is 2. The maximum atomic E-state index is 13.3. The minimum atomic E-state index is -0.891. The van der Waals surface area contributed by atoms with E-state index in [0.29, 0.717) is 46.4 Å². The number of nitrogens with zero attached hydrogens (tertiary/aromatic N) is 6. The highest BCUT2D eigenvalue weighted by molar-refractivity contribution is 7.16. The smallest absolute Gasteiger partial charge is 0.431 e. The minimum Gasteiger partial charge on any atom is -0.431 e. The monoisotopic (exact) mass is 762 g/mol. The molecule has 19 heteroatoms. The molecular formula is C33H46N8O9S2. The summed E-state index contributed by atoms with van der Waals surface area (Å²) in [5.74, 6) is -1.39. The number of nitrogen functional groups attached to an aromatic ring is 2. The van der Waals surface area contributed by atoms with Gasteiger partial charge in [-0.05, 0) is 39.5 Å². The van der Waals surface area contributed by atoms with Crippen molar-refractivity contribution in [3.8, 4) is 0 Å². The number of rotatable bonds is 12. The summed E-state index contributed by atoms with van der Waals surface area (Å²) in [5.41, 5.74) is 12.4. The van der Waals surface area contributed by atoms with Crippen LogP contribution >= 0.6 is 22.7 Å². The fourth-order valence-electron chi connectivity index (χ4n) is 7.30. The number of aromatic nitrogens is 6. The summed E-state index contributed by atoms with van der Waals surface area (Å²) in [4.78, 5) is 55.8. The van der Waals surface area contributed by atoms with E-state index in [1.54, 1.807) is 13.8 Å². The number of carbonyl (C=O) groups is 1. The second-order valence-corrected chi connectivity index (χ2v) is 15.8. The Morgan fingerprint density at radius 2 is 1.19 bits per heavy atom. The van der Waals surface area contributed by atoms with Gasteiger partial charge in [0, 0.05) is 23.7 Å². The van der Waals surface area contributed by atoms with Gasteiger partial charge in [-0.15, -0.1) is 0 Å². The molecule has 2 aliphatic heterocycles. The lowest BCUT2D eigenvalue weighted by Crippen LogP contribution is -2.36. The molecule has 2 unspecified atom stereocenters. The lowest BCUT2D eigenvalue weighted by molar-refractivity contribution is -0.0813. The fourth-order valence-corrected chi connectivity index (χ4v) is 8.94. The quantitative estimate of drug-likeness (QED) is 0.151. The first kappa shape index (κ1) is 38.0. The van der Waals surface area contributed by atoms with Crippen LogP contribution in [0.15, 0.2) is 22.0 Å². The molecule has 4 aromatic heterocycles. The zero-order valence-corrected chi connectivity index (χ0v) is 31.5. The van der Waals surface area contributed by atoms with Gasteiger partial charge in [0.25, 0.3) is 0 Å². The molecule has 0 radical (unpaired) electrons. The summed E-state index contributed by atoms with van der Waals surface area (Å²) >= 11 is 1.94. The van der Waals surface area contributed by atoms with Crippen LogP contribution in [0, 0.1) is 23.7 Å². The van der Waals surface area contributed by atoms with E-state index in [2.05, 4.69) is 19.9 Å². The average molecular weight is 763 g/mol. The number of hydrogen-bond acceptors (Lipinski definition) is 17. The lowest BCUT2D eigenvalue weighted by Gasteiger charge is -2.31. The molecule has 0 amide bonds. The Labute approximate surface area is 306 Å². The lowest BCUT2D eigenvalue weighted by atomic mass is 9.85. The Bertz CT molecular complexity index is 1880. The van der Waals surface area contributed by atoms with Gasteiger partial charge in [0.15, 0.2) is 11.3 Å². The first-order chi connectivity index (χ1) is 24.7. The van der Waals surface area contributed by atoms with Gasteiger partial charge < -0.3 is 40.6 Å². The number of nitrogens with two attached hydrogens (primary N) is 2. The van der Waals surface area contributed by atoms with Crippen molar-refractivity contribution >= 4 is 61.4 Å². The van der Waals surface area contributed by atoms with Crippen LogP contribution in [-0.4, -0.2) is 82.1 Å². The van der Waals surface area contributed by atoms with E-state index in [0.717, 1.165) is 22.7 Å². The Kier molecular flexibility index (Phi) is 11.2. The summed E-state index contributed by atoms with van der Waals surface area (Å²) in [6.07, 6.45) is -1.82. The van der Waals surface area contributed by atoms with Gasteiger partial charge in [-0.25, -0.2) is 14.8 Å². The number of hydrogen-bond donors (Lipinski definition) is 4. The second-order valence-electron chi connectivity index (χ2n) is 13.8. The molecule has 0 aromatic carbocycles. The predicted molar refractivity (Wildman–Crippen MR) is 194 cm³/mol. The maximum Gasteiger partial charge on any atom is 0.508 e. The maximum absolute atomic E-state index is 13.3. The van der Waals surface area contributed by atoms with Gasteiger partial charge in [-0.2, -0.15) is 9.97 Å². The van der Waals surface area contributed by atoms with Crippen molar-refractivity contribution in [3.05, 3.63) is 31.7 Å². The van der Waals surface area contributed by atoms with Crippen molar-refractivity contribution in [2.75, 3.05) is 11.5 Å². The van der Waals surface area contributed by atoms with Crippen molar-refractivity contribution < 1.29 is 34.0 Å². The van der Waals surface area contributed by atoms with Gasteiger partial charge >= 0.3 is 15.9 Å². The summed E-state index contributed by atoms with van der Waals surface area (Å²) in [5, 5.41) is 21.5. The molecule has 2 aliphatic rings.